The largest absolute Gasteiger partial charge is 0.569 e. The fourth-order valence-corrected chi connectivity index (χ4v) is 4.52. The summed E-state index contributed by atoms with van der Waals surface area (Å²) in [5.41, 5.74) is 6.32. The molecular weight excluding hydrogens is 450 g/mol. The molecule has 36 heavy (non-hydrogen) atoms. The third-order valence-corrected chi connectivity index (χ3v) is 6.07. The maximum Gasteiger partial charge on any atom is 0.569 e. The van der Waals surface area contributed by atoms with Crippen LogP contribution in [0.5, 0.6) is 5.75 Å². The van der Waals surface area contributed by atoms with Crippen LogP contribution in [0.3, 0.4) is 0 Å². The minimum atomic E-state index is -1.54. The predicted octanol–water partition coefficient (Wildman–Crippen LogP) is 2.15. The molecule has 0 atom stereocenters. The molecule has 0 spiro atoms. The minimum absolute atomic E-state index is 0. The lowest BCUT2D eigenvalue weighted by Crippen LogP contribution is -2.47. The van der Waals surface area contributed by atoms with E-state index in [4.69, 9.17) is 4.65 Å². The van der Waals surface area contributed by atoms with E-state index in [1.54, 1.807) is 12.1 Å². The fraction of sp³-hybridized carbons (Fsp3) is 0.0714. The van der Waals surface area contributed by atoms with Gasteiger partial charge in [-0.15, -0.1) is 0 Å². The molecule has 4 aromatic carbocycles. The number of rotatable bonds is 7. The molecule has 1 heterocycles. The molecule has 5 rings (SSSR count). The van der Waals surface area contributed by atoms with E-state index in [1.807, 2.05) is 60.7 Å². The average Bonchev–Trinajstić information content (AvgIpc) is 2.87. The van der Waals surface area contributed by atoms with Gasteiger partial charge in [0.05, 0.1) is 5.56 Å². The number of benzene rings is 4. The third kappa shape index (κ3) is 5.11. The summed E-state index contributed by atoms with van der Waals surface area (Å²) in [5, 5.41) is 29.0. The Labute approximate surface area is 213 Å². The highest BCUT2D eigenvalue weighted by Gasteiger charge is 2.28. The molecule has 0 saturated heterocycles. The Balaban J connectivity index is 0.00000180. The van der Waals surface area contributed by atoms with E-state index in [0.717, 1.165) is 33.2 Å². The smallest absolute Gasteiger partial charge is 0.537 e. The molecule has 5 aromatic rings. The molecule has 6 nitrogen and oxygen atoms in total. The Morgan fingerprint density at radius 3 is 1.53 bits per heavy atom. The van der Waals surface area contributed by atoms with E-state index >= 15 is 0 Å². The lowest BCUT2D eigenvalue weighted by molar-refractivity contribution is -0.675. The topological polar surface area (TPSA) is 77.7 Å². The zero-order valence-corrected chi connectivity index (χ0v) is 20.5. The highest BCUT2D eigenvalue weighted by atomic mass is 16.5. The molecule has 1 radical (unpaired) electrons. The Hall–Kier alpha value is -3.71. The lowest BCUT2D eigenvalue weighted by atomic mass is 9.77. The first kappa shape index (κ1) is 26.9. The van der Waals surface area contributed by atoms with Gasteiger partial charge >= 0.3 is 14.8 Å². The maximum absolute atomic E-state index is 9.90. The molecular formula is C28H29B2N2O4. The van der Waals surface area contributed by atoms with E-state index in [9.17, 15) is 15.1 Å². The predicted molar refractivity (Wildman–Crippen MR) is 144 cm³/mol. The third-order valence-electron chi connectivity index (χ3n) is 6.07. The molecule has 0 unspecified atom stereocenters. The van der Waals surface area contributed by atoms with Gasteiger partial charge in [0, 0.05) is 29.8 Å². The van der Waals surface area contributed by atoms with Gasteiger partial charge < -0.3 is 34.6 Å². The zero-order valence-electron chi connectivity index (χ0n) is 20.5. The Morgan fingerprint density at radius 2 is 1.03 bits per heavy atom. The van der Waals surface area contributed by atoms with Crippen LogP contribution < -0.4 is 19.3 Å². The van der Waals surface area contributed by atoms with Crippen LogP contribution in [0.1, 0.15) is 11.1 Å². The minimum Gasteiger partial charge on any atom is -0.537 e. The maximum atomic E-state index is 9.90. The fourth-order valence-electron chi connectivity index (χ4n) is 4.52. The van der Waals surface area contributed by atoms with Crippen LogP contribution in [0.15, 0.2) is 97.1 Å². The Bertz CT molecular complexity index is 1420. The van der Waals surface area contributed by atoms with Gasteiger partial charge in [0.25, 0.3) is 22.1 Å². The summed E-state index contributed by atoms with van der Waals surface area (Å²) in [6, 6.07) is 31.3. The zero-order chi connectivity index (χ0) is 23.5. The van der Waals surface area contributed by atoms with Gasteiger partial charge in [0.2, 0.25) is 0 Å². The second-order valence-corrected chi connectivity index (χ2v) is 8.05. The van der Waals surface area contributed by atoms with Crippen LogP contribution in [0.25, 0.3) is 22.1 Å². The number of hydrogen-bond donors (Lipinski definition) is 3. The summed E-state index contributed by atoms with van der Waals surface area (Å²) < 4.78 is 9.77. The highest BCUT2D eigenvalue weighted by Crippen LogP contribution is 2.20. The van der Waals surface area contributed by atoms with E-state index in [2.05, 4.69) is 33.4 Å². The van der Waals surface area contributed by atoms with Gasteiger partial charge in [-0.05, 0) is 17.6 Å². The van der Waals surface area contributed by atoms with Crippen molar-refractivity contribution in [2.24, 2.45) is 0 Å². The number of fused-ring (bicyclic) bond motifs is 2. The van der Waals surface area contributed by atoms with Crippen LogP contribution in [-0.2, 0) is 13.1 Å². The molecule has 0 amide bonds. The molecule has 3 N–H and O–H groups in total. The summed E-state index contributed by atoms with van der Waals surface area (Å²) in [6.07, 6.45) is 0. The standard InChI is InChI=1S/C26H23B2N2O4.2CH3/c31-27-34-26-16-8-2-10-20(26)18-30-24-14-6-4-12-22(24)29(23-13-5-7-15-25(23)30)17-19-9-1-3-11-21(19)28(32)33;;/h1-16,31-33H,17-18H2;2*1H3/q+2;2*-1. The van der Waals surface area contributed by atoms with Crippen molar-refractivity contribution in [2.75, 3.05) is 0 Å². The molecule has 0 bridgehead atoms. The van der Waals surface area contributed by atoms with Crippen molar-refractivity contribution in [3.05, 3.63) is 123 Å². The van der Waals surface area contributed by atoms with Crippen LogP contribution >= 0.6 is 0 Å². The molecule has 8 heteroatoms. The van der Waals surface area contributed by atoms with Gasteiger partial charge in [-0.2, -0.15) is 9.13 Å². The van der Waals surface area contributed by atoms with E-state index in [0.29, 0.717) is 32.0 Å². The Morgan fingerprint density at radius 1 is 0.611 bits per heavy atom. The van der Waals surface area contributed by atoms with Crippen LogP contribution in [0.4, 0.5) is 0 Å². The second-order valence-electron chi connectivity index (χ2n) is 8.05. The van der Waals surface area contributed by atoms with Crippen molar-refractivity contribution >= 4 is 42.3 Å². The van der Waals surface area contributed by atoms with Crippen LogP contribution in [0.2, 0.25) is 0 Å². The van der Waals surface area contributed by atoms with Crippen molar-refractivity contribution in [3.8, 4) is 5.75 Å². The van der Waals surface area contributed by atoms with Gasteiger partial charge in [-0.3, -0.25) is 0 Å². The molecule has 0 saturated carbocycles. The molecule has 181 valence electrons. The average molecular weight is 479 g/mol. The summed E-state index contributed by atoms with van der Waals surface area (Å²) in [5.74, 6) is 0.591. The lowest BCUT2D eigenvalue weighted by Gasteiger charge is -2.11. The molecule has 0 aliphatic heterocycles. The first-order valence-electron chi connectivity index (χ1n) is 11.0. The quantitative estimate of drug-likeness (QED) is 0.145. The Kier molecular flexibility index (Phi) is 8.83. The van der Waals surface area contributed by atoms with Crippen molar-refractivity contribution in [3.63, 3.8) is 0 Å². The summed E-state index contributed by atoms with van der Waals surface area (Å²) in [4.78, 5) is 0. The van der Waals surface area contributed by atoms with Gasteiger partial charge in [0.1, 0.15) is 5.75 Å². The van der Waals surface area contributed by atoms with Gasteiger partial charge in [-0.1, -0.05) is 60.7 Å². The van der Waals surface area contributed by atoms with Crippen molar-refractivity contribution in [1.29, 1.82) is 0 Å². The van der Waals surface area contributed by atoms with E-state index in [-0.39, 0.29) is 14.9 Å². The first-order valence-corrected chi connectivity index (χ1v) is 11.0. The molecule has 1 aromatic heterocycles. The number of aromatic nitrogens is 2. The first-order chi connectivity index (χ1) is 16.7. The second kappa shape index (κ2) is 11.8. The monoisotopic (exact) mass is 479 g/mol. The van der Waals surface area contributed by atoms with Gasteiger partial charge in [0.15, 0.2) is 13.1 Å². The normalized spacial score (nSPS) is 10.4. The summed E-state index contributed by atoms with van der Waals surface area (Å²) in [7, 11) is -0.839. The van der Waals surface area contributed by atoms with E-state index < -0.39 is 7.12 Å². The number of para-hydroxylation sites is 5. The SMILES string of the molecule is O[B]Oc1ccccc1C[n+]1c2ccccc2[n+](Cc2ccccc2B(O)O)c2ccccc21.[CH3-].[CH3-]. The van der Waals surface area contributed by atoms with E-state index in [1.165, 1.54) is 0 Å². The summed E-state index contributed by atoms with van der Waals surface area (Å²) >= 11 is 0. The van der Waals surface area contributed by atoms with Crippen molar-refractivity contribution in [2.45, 2.75) is 13.1 Å². The number of nitrogens with zero attached hydrogens (tertiary/aromatic N) is 2. The van der Waals surface area contributed by atoms with Crippen LogP contribution in [-0.4, -0.2) is 29.9 Å². The van der Waals surface area contributed by atoms with Crippen molar-refractivity contribution in [1.82, 2.24) is 0 Å². The van der Waals surface area contributed by atoms with Crippen LogP contribution in [0, 0.1) is 14.9 Å². The van der Waals surface area contributed by atoms with Crippen molar-refractivity contribution < 1.29 is 28.9 Å². The summed E-state index contributed by atoms with van der Waals surface area (Å²) in [6.45, 7) is 1.02. The molecule has 0 fully saturated rings. The molecule has 0 aliphatic carbocycles. The molecule has 0 aliphatic rings. The number of hydrogen-bond acceptors (Lipinski definition) is 4. The highest BCUT2D eigenvalue weighted by molar-refractivity contribution is 6.59. The van der Waals surface area contributed by atoms with Gasteiger partial charge in [-0.25, -0.2) is 0 Å².